The zero-order valence-electron chi connectivity index (χ0n) is 21.8. The summed E-state index contributed by atoms with van der Waals surface area (Å²) in [5.41, 5.74) is 2.44. The lowest BCUT2D eigenvalue weighted by Gasteiger charge is -2.33. The van der Waals surface area contributed by atoms with Gasteiger partial charge in [-0.1, -0.05) is 44.2 Å². The molecule has 1 fully saturated rings. The summed E-state index contributed by atoms with van der Waals surface area (Å²) >= 11 is 0. The number of carbonyl (C=O) groups excluding carboxylic acids is 1. The van der Waals surface area contributed by atoms with Crippen molar-refractivity contribution in [1.29, 1.82) is 0 Å². The molecule has 0 radical (unpaired) electrons. The second-order valence-corrected chi connectivity index (χ2v) is 11.5. The monoisotopic (exact) mass is 525 g/mol. The molecule has 2 aromatic carbocycles. The fourth-order valence-electron chi connectivity index (χ4n) is 4.58. The van der Waals surface area contributed by atoms with Crippen LogP contribution in [0.1, 0.15) is 37.4 Å². The van der Waals surface area contributed by atoms with Gasteiger partial charge in [-0.25, -0.2) is 13.1 Å². The Kier molecular flexibility index (Phi) is 8.01. The number of hydrogen-bond donors (Lipinski definition) is 1. The van der Waals surface area contributed by atoms with Gasteiger partial charge in [0.15, 0.2) is 0 Å². The van der Waals surface area contributed by atoms with Crippen molar-refractivity contribution >= 4 is 21.6 Å². The lowest BCUT2D eigenvalue weighted by molar-refractivity contribution is -0.117. The third-order valence-corrected chi connectivity index (χ3v) is 9.13. The van der Waals surface area contributed by atoms with Gasteiger partial charge in [0, 0.05) is 33.2 Å². The molecule has 10 heteroatoms. The number of hydrogen-bond acceptors (Lipinski definition) is 5. The molecule has 1 N–H and O–H groups in total. The zero-order valence-corrected chi connectivity index (χ0v) is 22.7. The number of para-hydroxylation sites is 1. The predicted octanol–water partition coefficient (Wildman–Crippen LogP) is 2.94. The van der Waals surface area contributed by atoms with Crippen LogP contribution in [0.5, 0.6) is 0 Å². The number of carbonyl (C=O) groups is 1. The molecule has 2 heterocycles. The largest absolute Gasteiger partial charge is 0.319 e. The number of anilines is 1. The Bertz CT molecular complexity index is 1400. The molecule has 1 saturated heterocycles. The molecule has 1 aliphatic heterocycles. The Morgan fingerprint density at radius 1 is 1.00 bits per heavy atom. The number of sulfonamides is 1. The molecule has 9 nitrogen and oxygen atoms in total. The molecule has 0 aliphatic carbocycles. The topological polar surface area (TPSA) is 96.7 Å². The summed E-state index contributed by atoms with van der Waals surface area (Å²) in [6.07, 6.45) is 0.995. The highest BCUT2D eigenvalue weighted by Crippen LogP contribution is 2.23. The average molecular weight is 526 g/mol. The van der Waals surface area contributed by atoms with Crippen molar-refractivity contribution in [2.45, 2.75) is 38.0 Å². The van der Waals surface area contributed by atoms with Gasteiger partial charge < -0.3 is 5.32 Å². The standard InChI is InChI=1S/C27H35N5O4S/c1-5-20(2)22-11-13-24(14-12-22)37(35,36)31-17-15-30(16-18-31)19-25(33)28-26-21(3)29(4)32(27(26)34)23-9-7-6-8-10-23/h6-14,20H,5,15-19H2,1-4H3,(H,28,33)/t20-/m0/s1. The van der Waals surface area contributed by atoms with Crippen LogP contribution in [0, 0.1) is 6.92 Å². The minimum Gasteiger partial charge on any atom is -0.319 e. The minimum atomic E-state index is -3.59. The van der Waals surface area contributed by atoms with Crippen LogP contribution >= 0.6 is 0 Å². The van der Waals surface area contributed by atoms with Gasteiger partial charge in [0.25, 0.3) is 5.56 Å². The number of nitrogens with one attached hydrogen (secondary N) is 1. The van der Waals surface area contributed by atoms with E-state index < -0.39 is 10.0 Å². The van der Waals surface area contributed by atoms with E-state index in [0.717, 1.165) is 12.0 Å². The van der Waals surface area contributed by atoms with E-state index in [9.17, 15) is 18.0 Å². The summed E-state index contributed by atoms with van der Waals surface area (Å²) in [5, 5.41) is 2.78. The minimum absolute atomic E-state index is 0.0800. The van der Waals surface area contributed by atoms with Gasteiger partial charge in [-0.15, -0.1) is 0 Å². The van der Waals surface area contributed by atoms with Gasteiger partial charge in [-0.05, 0) is 49.1 Å². The first kappa shape index (κ1) is 26.8. The summed E-state index contributed by atoms with van der Waals surface area (Å²) < 4.78 is 31.0. The fraction of sp³-hybridized carbons (Fsp3) is 0.407. The van der Waals surface area contributed by atoms with Crippen LogP contribution in [0.15, 0.2) is 64.3 Å². The van der Waals surface area contributed by atoms with Gasteiger partial charge in [0.05, 0.1) is 22.8 Å². The highest BCUT2D eigenvalue weighted by atomic mass is 32.2. The van der Waals surface area contributed by atoms with E-state index in [1.165, 1.54) is 8.99 Å². The van der Waals surface area contributed by atoms with Crippen LogP contribution in [0.2, 0.25) is 0 Å². The van der Waals surface area contributed by atoms with Crippen molar-refractivity contribution in [2.75, 3.05) is 38.0 Å². The first-order valence-electron chi connectivity index (χ1n) is 12.6. The second kappa shape index (κ2) is 11.0. The van der Waals surface area contributed by atoms with E-state index >= 15 is 0 Å². The van der Waals surface area contributed by atoms with Crippen LogP contribution in [0.25, 0.3) is 5.69 Å². The van der Waals surface area contributed by atoms with Crippen LogP contribution in [-0.4, -0.2) is 65.6 Å². The highest BCUT2D eigenvalue weighted by Gasteiger charge is 2.29. The smallest absolute Gasteiger partial charge is 0.295 e. The highest BCUT2D eigenvalue weighted by molar-refractivity contribution is 7.89. The fourth-order valence-corrected chi connectivity index (χ4v) is 6.00. The van der Waals surface area contributed by atoms with Crippen molar-refractivity contribution in [3.63, 3.8) is 0 Å². The first-order valence-corrected chi connectivity index (χ1v) is 14.0. The summed E-state index contributed by atoms with van der Waals surface area (Å²) in [6.45, 7) is 7.56. The van der Waals surface area contributed by atoms with Gasteiger partial charge in [0.2, 0.25) is 15.9 Å². The SMILES string of the molecule is CC[C@H](C)c1ccc(S(=O)(=O)N2CCN(CC(=O)Nc3c(C)n(C)n(-c4ccccc4)c3=O)CC2)cc1. The van der Waals surface area contributed by atoms with Gasteiger partial charge in [-0.3, -0.25) is 19.2 Å². The van der Waals surface area contributed by atoms with Gasteiger partial charge in [0.1, 0.15) is 5.69 Å². The van der Waals surface area contributed by atoms with E-state index in [4.69, 9.17) is 0 Å². The Balaban J connectivity index is 1.37. The van der Waals surface area contributed by atoms with E-state index in [1.54, 1.807) is 30.8 Å². The molecule has 0 unspecified atom stereocenters. The maximum Gasteiger partial charge on any atom is 0.295 e. The molecule has 198 valence electrons. The summed E-state index contributed by atoms with van der Waals surface area (Å²) in [6, 6.07) is 16.4. The molecule has 1 amide bonds. The third-order valence-electron chi connectivity index (χ3n) is 7.22. The molecule has 0 bridgehead atoms. The van der Waals surface area contributed by atoms with Crippen molar-refractivity contribution in [1.82, 2.24) is 18.6 Å². The molecule has 1 aliphatic rings. The maximum atomic E-state index is 13.1. The Morgan fingerprint density at radius 2 is 1.62 bits per heavy atom. The van der Waals surface area contributed by atoms with Gasteiger partial charge in [-0.2, -0.15) is 4.31 Å². The van der Waals surface area contributed by atoms with E-state index in [-0.39, 0.29) is 23.7 Å². The Labute approximate surface area is 218 Å². The molecular formula is C27H35N5O4S. The Hall–Kier alpha value is -3.21. The molecule has 3 aromatic rings. The molecular weight excluding hydrogens is 490 g/mol. The number of nitrogens with zero attached hydrogens (tertiary/aromatic N) is 4. The average Bonchev–Trinajstić information content (AvgIpc) is 3.11. The van der Waals surface area contributed by atoms with Crippen molar-refractivity contribution in [3.8, 4) is 5.69 Å². The Morgan fingerprint density at radius 3 is 2.22 bits per heavy atom. The molecule has 1 aromatic heterocycles. The lowest BCUT2D eigenvalue weighted by atomic mass is 9.99. The maximum absolute atomic E-state index is 13.1. The number of rotatable bonds is 8. The molecule has 1 atom stereocenters. The van der Waals surface area contributed by atoms with Crippen LogP contribution < -0.4 is 10.9 Å². The molecule has 37 heavy (non-hydrogen) atoms. The number of aromatic nitrogens is 2. The summed E-state index contributed by atoms with van der Waals surface area (Å²) in [7, 11) is -1.82. The first-order chi connectivity index (χ1) is 17.6. The van der Waals surface area contributed by atoms with Crippen LogP contribution in [0.4, 0.5) is 5.69 Å². The second-order valence-electron chi connectivity index (χ2n) is 9.54. The van der Waals surface area contributed by atoms with E-state index in [0.29, 0.717) is 48.4 Å². The third kappa shape index (κ3) is 5.56. The van der Waals surface area contributed by atoms with Crippen LogP contribution in [0.3, 0.4) is 0 Å². The number of benzene rings is 2. The summed E-state index contributed by atoms with van der Waals surface area (Å²) in [5.74, 6) is 0.0790. The summed E-state index contributed by atoms with van der Waals surface area (Å²) in [4.78, 5) is 28.1. The van der Waals surface area contributed by atoms with Gasteiger partial charge >= 0.3 is 0 Å². The van der Waals surface area contributed by atoms with E-state index in [1.807, 2.05) is 47.4 Å². The molecule has 0 saturated carbocycles. The van der Waals surface area contributed by atoms with Crippen LogP contribution in [-0.2, 0) is 21.9 Å². The van der Waals surface area contributed by atoms with Crippen molar-refractivity contribution in [3.05, 3.63) is 76.2 Å². The van der Waals surface area contributed by atoms with Crippen molar-refractivity contribution in [2.24, 2.45) is 7.05 Å². The molecule has 0 spiro atoms. The number of amides is 1. The van der Waals surface area contributed by atoms with E-state index in [2.05, 4.69) is 19.2 Å². The predicted molar refractivity (Wildman–Crippen MR) is 145 cm³/mol. The zero-order chi connectivity index (χ0) is 26.7. The number of piperazine rings is 1. The molecule has 4 rings (SSSR count). The lowest BCUT2D eigenvalue weighted by Crippen LogP contribution is -2.50. The quantitative estimate of drug-likeness (QED) is 0.488. The normalized spacial score (nSPS) is 16.0. The van der Waals surface area contributed by atoms with Crippen molar-refractivity contribution < 1.29 is 13.2 Å².